The second-order valence-electron chi connectivity index (χ2n) is 8.11. The SMILES string of the molecule is Cc1cccc(CNC(=O)C2CCN(c3ccc(-c4cccc(C)c4)nn3)CC2)c1. The molecule has 1 N–H and O–H groups in total. The number of aryl methyl sites for hydroxylation is 2. The summed E-state index contributed by atoms with van der Waals surface area (Å²) in [4.78, 5) is 14.8. The molecule has 0 radical (unpaired) electrons. The fourth-order valence-corrected chi connectivity index (χ4v) is 3.98. The third-order valence-electron chi connectivity index (χ3n) is 5.70. The predicted molar refractivity (Wildman–Crippen MR) is 120 cm³/mol. The van der Waals surface area contributed by atoms with Crippen LogP contribution in [0.2, 0.25) is 0 Å². The molecule has 5 nitrogen and oxygen atoms in total. The van der Waals surface area contributed by atoms with Gasteiger partial charge in [-0.2, -0.15) is 0 Å². The van der Waals surface area contributed by atoms with Crippen LogP contribution >= 0.6 is 0 Å². The normalized spacial score (nSPS) is 14.5. The molecule has 0 unspecified atom stereocenters. The molecule has 1 saturated heterocycles. The summed E-state index contributed by atoms with van der Waals surface area (Å²) in [5, 5.41) is 12.0. The van der Waals surface area contributed by atoms with E-state index in [2.05, 4.69) is 70.7 Å². The standard InChI is InChI=1S/C25H28N4O/c1-18-5-3-7-20(15-18)17-26-25(30)21-11-13-29(14-12-21)24-10-9-23(27-28-24)22-8-4-6-19(2)16-22/h3-10,15-16,21H,11-14,17H2,1-2H3,(H,26,30). The Bertz CT molecular complexity index is 1010. The van der Waals surface area contributed by atoms with Gasteiger partial charge in [0.25, 0.3) is 0 Å². The molecule has 4 rings (SSSR count). The van der Waals surface area contributed by atoms with Gasteiger partial charge in [-0.15, -0.1) is 10.2 Å². The first-order valence-corrected chi connectivity index (χ1v) is 10.6. The van der Waals surface area contributed by atoms with Gasteiger partial charge in [0.15, 0.2) is 5.82 Å². The van der Waals surface area contributed by atoms with E-state index >= 15 is 0 Å². The topological polar surface area (TPSA) is 58.1 Å². The average Bonchev–Trinajstić information content (AvgIpc) is 2.78. The zero-order valence-corrected chi connectivity index (χ0v) is 17.6. The highest BCUT2D eigenvalue weighted by Crippen LogP contribution is 2.24. The molecular weight excluding hydrogens is 372 g/mol. The molecule has 154 valence electrons. The zero-order valence-electron chi connectivity index (χ0n) is 17.6. The second-order valence-corrected chi connectivity index (χ2v) is 8.11. The van der Waals surface area contributed by atoms with Crippen LogP contribution in [-0.4, -0.2) is 29.2 Å². The maximum atomic E-state index is 12.6. The number of carbonyl (C=O) groups excluding carboxylic acids is 1. The summed E-state index contributed by atoms with van der Waals surface area (Å²) in [6, 6.07) is 20.6. The first-order valence-electron chi connectivity index (χ1n) is 10.6. The van der Waals surface area contributed by atoms with Crippen LogP contribution in [0, 0.1) is 19.8 Å². The lowest BCUT2D eigenvalue weighted by Gasteiger charge is -2.31. The number of anilines is 1. The minimum Gasteiger partial charge on any atom is -0.355 e. The van der Waals surface area contributed by atoms with Gasteiger partial charge in [0.1, 0.15) is 0 Å². The fourth-order valence-electron chi connectivity index (χ4n) is 3.98. The Morgan fingerprint density at radius 1 is 0.967 bits per heavy atom. The summed E-state index contributed by atoms with van der Waals surface area (Å²) in [7, 11) is 0. The monoisotopic (exact) mass is 400 g/mol. The largest absolute Gasteiger partial charge is 0.355 e. The van der Waals surface area contributed by atoms with Crippen LogP contribution in [0.5, 0.6) is 0 Å². The third-order valence-corrected chi connectivity index (χ3v) is 5.70. The highest BCUT2D eigenvalue weighted by atomic mass is 16.1. The van der Waals surface area contributed by atoms with E-state index in [0.717, 1.165) is 48.6 Å². The number of carbonyl (C=O) groups is 1. The summed E-state index contributed by atoms with van der Waals surface area (Å²) in [6.07, 6.45) is 1.67. The van der Waals surface area contributed by atoms with Crippen molar-refractivity contribution in [2.24, 2.45) is 5.92 Å². The van der Waals surface area contributed by atoms with Gasteiger partial charge in [-0.1, -0.05) is 53.6 Å². The van der Waals surface area contributed by atoms with Gasteiger partial charge in [-0.3, -0.25) is 4.79 Å². The Balaban J connectivity index is 1.30. The summed E-state index contributed by atoms with van der Waals surface area (Å²) in [5.41, 5.74) is 5.53. The van der Waals surface area contributed by atoms with Crippen LogP contribution in [-0.2, 0) is 11.3 Å². The molecule has 1 aromatic heterocycles. The van der Waals surface area contributed by atoms with Crippen molar-refractivity contribution in [2.45, 2.75) is 33.2 Å². The fraction of sp³-hybridized carbons (Fsp3) is 0.320. The summed E-state index contributed by atoms with van der Waals surface area (Å²) in [6.45, 7) is 6.37. The number of piperidine rings is 1. The molecule has 1 amide bonds. The highest BCUT2D eigenvalue weighted by Gasteiger charge is 2.25. The van der Waals surface area contributed by atoms with Crippen molar-refractivity contribution in [1.29, 1.82) is 0 Å². The van der Waals surface area contributed by atoms with Crippen molar-refractivity contribution >= 4 is 11.7 Å². The molecule has 0 bridgehead atoms. The maximum Gasteiger partial charge on any atom is 0.223 e. The smallest absolute Gasteiger partial charge is 0.223 e. The van der Waals surface area contributed by atoms with Crippen molar-refractivity contribution in [1.82, 2.24) is 15.5 Å². The number of aromatic nitrogens is 2. The van der Waals surface area contributed by atoms with Gasteiger partial charge in [-0.25, -0.2) is 0 Å². The molecule has 3 aromatic rings. The lowest BCUT2D eigenvalue weighted by Crippen LogP contribution is -2.40. The van der Waals surface area contributed by atoms with Crippen molar-refractivity contribution in [3.05, 3.63) is 77.4 Å². The lowest BCUT2D eigenvalue weighted by molar-refractivity contribution is -0.125. The van der Waals surface area contributed by atoms with Gasteiger partial charge < -0.3 is 10.2 Å². The Morgan fingerprint density at radius 3 is 2.37 bits per heavy atom. The molecule has 5 heteroatoms. The molecule has 0 aliphatic carbocycles. The van der Waals surface area contributed by atoms with Crippen molar-refractivity contribution in [3.63, 3.8) is 0 Å². The molecule has 0 spiro atoms. The van der Waals surface area contributed by atoms with Crippen molar-refractivity contribution < 1.29 is 4.79 Å². The minimum atomic E-state index is 0.0607. The molecule has 0 saturated carbocycles. The van der Waals surface area contributed by atoms with Crippen LogP contribution in [0.3, 0.4) is 0 Å². The van der Waals surface area contributed by atoms with Crippen LogP contribution in [0.1, 0.15) is 29.5 Å². The van der Waals surface area contributed by atoms with E-state index in [4.69, 9.17) is 0 Å². The van der Waals surface area contributed by atoms with E-state index in [1.54, 1.807) is 0 Å². The number of nitrogens with zero attached hydrogens (tertiary/aromatic N) is 3. The van der Waals surface area contributed by atoms with Gasteiger partial charge in [-0.05, 0) is 50.5 Å². The summed E-state index contributed by atoms with van der Waals surface area (Å²) >= 11 is 0. The number of benzene rings is 2. The predicted octanol–water partition coefficient (Wildman–Crippen LogP) is 4.29. The van der Waals surface area contributed by atoms with E-state index in [9.17, 15) is 4.79 Å². The van der Waals surface area contributed by atoms with Crippen LogP contribution in [0.15, 0.2) is 60.7 Å². The van der Waals surface area contributed by atoms with E-state index in [1.807, 2.05) is 24.3 Å². The lowest BCUT2D eigenvalue weighted by atomic mass is 9.95. The molecular formula is C25H28N4O. The van der Waals surface area contributed by atoms with Crippen LogP contribution in [0.25, 0.3) is 11.3 Å². The molecule has 0 atom stereocenters. The summed E-state index contributed by atoms with van der Waals surface area (Å²) in [5.74, 6) is 1.09. The van der Waals surface area contributed by atoms with Crippen LogP contribution < -0.4 is 10.2 Å². The third kappa shape index (κ3) is 4.85. The molecule has 1 aliphatic heterocycles. The van der Waals surface area contributed by atoms with Gasteiger partial charge in [0.05, 0.1) is 5.69 Å². The quantitative estimate of drug-likeness (QED) is 0.694. The van der Waals surface area contributed by atoms with E-state index in [1.165, 1.54) is 11.1 Å². The number of rotatable bonds is 5. The molecule has 2 aromatic carbocycles. The van der Waals surface area contributed by atoms with E-state index in [-0.39, 0.29) is 11.8 Å². The Morgan fingerprint density at radius 2 is 1.70 bits per heavy atom. The molecule has 30 heavy (non-hydrogen) atoms. The Labute approximate surface area is 178 Å². The second kappa shape index (κ2) is 9.08. The van der Waals surface area contributed by atoms with Crippen molar-refractivity contribution in [2.75, 3.05) is 18.0 Å². The van der Waals surface area contributed by atoms with Gasteiger partial charge in [0, 0.05) is 31.1 Å². The Kier molecular flexibility index (Phi) is 6.07. The van der Waals surface area contributed by atoms with E-state index in [0.29, 0.717) is 6.54 Å². The number of amides is 1. The molecule has 1 aliphatic rings. The van der Waals surface area contributed by atoms with Crippen molar-refractivity contribution in [3.8, 4) is 11.3 Å². The van der Waals surface area contributed by atoms with Gasteiger partial charge >= 0.3 is 0 Å². The van der Waals surface area contributed by atoms with Gasteiger partial charge in [0.2, 0.25) is 5.91 Å². The maximum absolute atomic E-state index is 12.6. The van der Waals surface area contributed by atoms with Crippen LogP contribution in [0.4, 0.5) is 5.82 Å². The zero-order chi connectivity index (χ0) is 20.9. The average molecular weight is 401 g/mol. The number of hydrogen-bond acceptors (Lipinski definition) is 4. The highest BCUT2D eigenvalue weighted by molar-refractivity contribution is 5.79. The van der Waals surface area contributed by atoms with E-state index < -0.39 is 0 Å². The molecule has 2 heterocycles. The minimum absolute atomic E-state index is 0.0607. The first kappa shape index (κ1) is 20.1. The number of hydrogen-bond donors (Lipinski definition) is 1. The first-order chi connectivity index (χ1) is 14.6. The summed E-state index contributed by atoms with van der Waals surface area (Å²) < 4.78 is 0. The Hall–Kier alpha value is -3.21. The number of nitrogens with one attached hydrogen (secondary N) is 1. The molecule has 1 fully saturated rings.